The highest BCUT2D eigenvalue weighted by Gasteiger charge is 2.35. The second kappa shape index (κ2) is 4.58. The van der Waals surface area contributed by atoms with Crippen LogP contribution in [-0.4, -0.2) is 38.0 Å². The lowest BCUT2D eigenvalue weighted by atomic mass is 9.92. The Kier molecular flexibility index (Phi) is 3.12. The number of rotatable bonds is 2. The second-order valence-electron chi connectivity index (χ2n) is 3.57. The van der Waals surface area contributed by atoms with Crippen molar-refractivity contribution >= 4 is 17.5 Å². The van der Waals surface area contributed by atoms with Crippen LogP contribution < -0.4 is 0 Å². The van der Waals surface area contributed by atoms with Crippen LogP contribution in [0.3, 0.4) is 0 Å². The van der Waals surface area contributed by atoms with Crippen LogP contribution in [0.1, 0.15) is 0 Å². The summed E-state index contributed by atoms with van der Waals surface area (Å²) in [6, 6.07) is 0. The Hall–Kier alpha value is -2.21. The fraction of sp³-hybridized carbons (Fsp3) is 0.250. The molecule has 6 nitrogen and oxygen atoms in total. The average molecular weight is 250 g/mol. The number of hydrogen-bond acceptors (Lipinski definition) is 6. The molecule has 0 aromatic carbocycles. The van der Waals surface area contributed by atoms with Gasteiger partial charge in [0.15, 0.2) is 11.6 Å². The molecule has 6 heteroatoms. The van der Waals surface area contributed by atoms with Crippen LogP contribution in [0.25, 0.3) is 0 Å². The topological polar surface area (TPSA) is 78.9 Å². The molecule has 0 spiro atoms. The summed E-state index contributed by atoms with van der Waals surface area (Å²) in [5.74, 6) is -1.66. The summed E-state index contributed by atoms with van der Waals surface area (Å²) in [4.78, 5) is 34.8. The summed E-state index contributed by atoms with van der Waals surface area (Å²) in [7, 11) is 2.50. The highest BCUT2D eigenvalue weighted by molar-refractivity contribution is 6.22. The Labute approximate surface area is 102 Å². The standard InChI is InChI=1S/C12H10O6/c1-16-11(15)9-5-6-7(13)3-4-8(14)10(6)12(17-2)18-9/h3-5,12H,1-2H3. The summed E-state index contributed by atoms with van der Waals surface area (Å²) < 4.78 is 14.6. The van der Waals surface area contributed by atoms with Crippen molar-refractivity contribution in [3.63, 3.8) is 0 Å². The Bertz CT molecular complexity index is 523. The molecule has 0 N–H and O–H groups in total. The SMILES string of the molecule is COC(=O)C1=CC2=C(C(=O)C=CC2=O)C(OC)O1. The summed E-state index contributed by atoms with van der Waals surface area (Å²) in [5.41, 5.74) is 0.193. The molecule has 0 saturated heterocycles. The monoisotopic (exact) mass is 250 g/mol. The van der Waals surface area contributed by atoms with Crippen molar-refractivity contribution in [2.45, 2.75) is 6.29 Å². The van der Waals surface area contributed by atoms with Crippen molar-refractivity contribution in [2.24, 2.45) is 0 Å². The number of esters is 1. The first-order chi connectivity index (χ1) is 8.58. The molecule has 2 rings (SSSR count). The molecule has 1 aliphatic heterocycles. The third kappa shape index (κ3) is 1.86. The Morgan fingerprint density at radius 3 is 2.50 bits per heavy atom. The second-order valence-corrected chi connectivity index (χ2v) is 3.57. The Morgan fingerprint density at radius 1 is 1.22 bits per heavy atom. The number of methoxy groups -OCH3 is 2. The molecular formula is C12H10O6. The fourth-order valence-electron chi connectivity index (χ4n) is 1.70. The van der Waals surface area contributed by atoms with Gasteiger partial charge < -0.3 is 14.2 Å². The third-order valence-corrected chi connectivity index (χ3v) is 2.55. The van der Waals surface area contributed by atoms with Crippen molar-refractivity contribution in [3.05, 3.63) is 35.1 Å². The van der Waals surface area contributed by atoms with Gasteiger partial charge in [0.05, 0.1) is 12.7 Å². The van der Waals surface area contributed by atoms with Crippen LogP contribution in [0.15, 0.2) is 35.1 Å². The minimum absolute atomic E-state index is 0.0950. The van der Waals surface area contributed by atoms with Gasteiger partial charge in [-0.15, -0.1) is 0 Å². The van der Waals surface area contributed by atoms with E-state index in [-0.39, 0.29) is 28.5 Å². The smallest absolute Gasteiger partial charge is 0.373 e. The maximum absolute atomic E-state index is 11.7. The van der Waals surface area contributed by atoms with Crippen LogP contribution in [0.4, 0.5) is 0 Å². The van der Waals surface area contributed by atoms with Crippen LogP contribution in [0.2, 0.25) is 0 Å². The van der Waals surface area contributed by atoms with E-state index >= 15 is 0 Å². The van der Waals surface area contributed by atoms with E-state index in [2.05, 4.69) is 4.74 Å². The lowest BCUT2D eigenvalue weighted by molar-refractivity contribution is -0.148. The van der Waals surface area contributed by atoms with Crippen molar-refractivity contribution < 1.29 is 28.6 Å². The Morgan fingerprint density at radius 2 is 1.89 bits per heavy atom. The first-order valence-electron chi connectivity index (χ1n) is 5.09. The molecule has 0 amide bonds. The molecule has 0 saturated carbocycles. The lowest BCUT2D eigenvalue weighted by Gasteiger charge is -2.26. The maximum Gasteiger partial charge on any atom is 0.373 e. The van der Waals surface area contributed by atoms with E-state index in [1.165, 1.54) is 20.3 Å². The molecule has 1 heterocycles. The largest absolute Gasteiger partial charge is 0.463 e. The van der Waals surface area contributed by atoms with Crippen LogP contribution in [0, 0.1) is 0 Å². The van der Waals surface area contributed by atoms with Gasteiger partial charge in [-0.2, -0.15) is 0 Å². The van der Waals surface area contributed by atoms with Crippen LogP contribution in [-0.2, 0) is 28.6 Å². The molecule has 0 fully saturated rings. The number of ketones is 2. The normalized spacial score (nSPS) is 22.3. The number of hydrogen-bond donors (Lipinski definition) is 0. The predicted octanol–water partition coefficient (Wildman–Crippen LogP) is 0.0506. The molecule has 1 atom stereocenters. The predicted molar refractivity (Wildman–Crippen MR) is 58.2 cm³/mol. The molecule has 94 valence electrons. The van der Waals surface area contributed by atoms with Gasteiger partial charge in [-0.1, -0.05) is 0 Å². The minimum Gasteiger partial charge on any atom is -0.463 e. The van der Waals surface area contributed by atoms with E-state index in [0.29, 0.717) is 0 Å². The molecule has 0 bridgehead atoms. The van der Waals surface area contributed by atoms with Gasteiger partial charge in [0.1, 0.15) is 0 Å². The zero-order valence-corrected chi connectivity index (χ0v) is 9.76. The summed E-state index contributed by atoms with van der Waals surface area (Å²) in [6.45, 7) is 0. The number of ether oxygens (including phenoxy) is 3. The molecule has 18 heavy (non-hydrogen) atoms. The fourth-order valence-corrected chi connectivity index (χ4v) is 1.70. The van der Waals surface area contributed by atoms with Crippen molar-refractivity contribution in [1.29, 1.82) is 0 Å². The quantitative estimate of drug-likeness (QED) is 0.509. The van der Waals surface area contributed by atoms with Crippen molar-refractivity contribution in [1.82, 2.24) is 0 Å². The first-order valence-corrected chi connectivity index (χ1v) is 5.09. The zero-order chi connectivity index (χ0) is 13.3. The molecular weight excluding hydrogens is 240 g/mol. The summed E-state index contributed by atoms with van der Waals surface area (Å²) in [5, 5.41) is 0. The van der Waals surface area contributed by atoms with Gasteiger partial charge in [0, 0.05) is 12.7 Å². The van der Waals surface area contributed by atoms with E-state index < -0.39 is 12.3 Å². The average Bonchev–Trinajstić information content (AvgIpc) is 2.40. The van der Waals surface area contributed by atoms with E-state index in [0.717, 1.165) is 12.2 Å². The van der Waals surface area contributed by atoms with Crippen molar-refractivity contribution in [3.8, 4) is 0 Å². The number of allylic oxidation sites excluding steroid dienone is 4. The molecule has 2 aliphatic rings. The minimum atomic E-state index is -1.08. The van der Waals surface area contributed by atoms with Gasteiger partial charge >= 0.3 is 5.97 Å². The third-order valence-electron chi connectivity index (χ3n) is 2.55. The maximum atomic E-state index is 11.7. The van der Waals surface area contributed by atoms with E-state index in [9.17, 15) is 14.4 Å². The van der Waals surface area contributed by atoms with Gasteiger partial charge in [0.2, 0.25) is 12.0 Å². The van der Waals surface area contributed by atoms with Crippen molar-refractivity contribution in [2.75, 3.05) is 14.2 Å². The highest BCUT2D eigenvalue weighted by atomic mass is 16.7. The van der Waals surface area contributed by atoms with E-state index in [1.807, 2.05) is 0 Å². The number of carbonyl (C=O) groups excluding carboxylic acids is 3. The zero-order valence-electron chi connectivity index (χ0n) is 9.76. The van der Waals surface area contributed by atoms with Gasteiger partial charge in [-0.3, -0.25) is 9.59 Å². The van der Waals surface area contributed by atoms with Crippen LogP contribution >= 0.6 is 0 Å². The number of carbonyl (C=O) groups is 3. The van der Waals surface area contributed by atoms with Gasteiger partial charge in [-0.25, -0.2) is 4.79 Å². The van der Waals surface area contributed by atoms with Crippen LogP contribution in [0.5, 0.6) is 0 Å². The Balaban J connectivity index is 2.50. The highest BCUT2D eigenvalue weighted by Crippen LogP contribution is 2.28. The van der Waals surface area contributed by atoms with Gasteiger partial charge in [0.25, 0.3) is 0 Å². The first kappa shape index (κ1) is 12.3. The molecule has 0 aromatic heterocycles. The molecule has 0 aromatic rings. The molecule has 1 aliphatic carbocycles. The summed E-state index contributed by atoms with van der Waals surface area (Å²) >= 11 is 0. The van der Waals surface area contributed by atoms with E-state index in [1.54, 1.807) is 0 Å². The molecule has 1 unspecified atom stereocenters. The van der Waals surface area contributed by atoms with E-state index in [4.69, 9.17) is 9.47 Å². The molecule has 0 radical (unpaired) electrons. The summed E-state index contributed by atoms with van der Waals surface area (Å²) in [6.07, 6.45) is 2.40. The van der Waals surface area contributed by atoms with Gasteiger partial charge in [-0.05, 0) is 18.2 Å². The lowest BCUT2D eigenvalue weighted by Crippen LogP contribution is -2.32.